The largest absolute Gasteiger partial charge is 0.478 e. The molecule has 0 fully saturated rings. The van der Waals surface area contributed by atoms with Crippen LogP contribution in [0.15, 0.2) is 35.5 Å². The lowest BCUT2D eigenvalue weighted by atomic mass is 9.90. The number of carboxylic acid groups (broad SMARTS) is 1. The second kappa shape index (κ2) is 8.51. The van der Waals surface area contributed by atoms with E-state index in [1.807, 2.05) is 6.92 Å². The molecule has 0 saturated heterocycles. The molecule has 7 nitrogen and oxygen atoms in total. The van der Waals surface area contributed by atoms with Crippen LogP contribution in [0.5, 0.6) is 0 Å². The van der Waals surface area contributed by atoms with Gasteiger partial charge in [-0.2, -0.15) is 0 Å². The van der Waals surface area contributed by atoms with Crippen molar-refractivity contribution < 1.29 is 24.2 Å². The van der Waals surface area contributed by atoms with E-state index in [2.05, 4.69) is 10.6 Å². The molecule has 0 radical (unpaired) electrons. The van der Waals surface area contributed by atoms with Gasteiger partial charge in [-0.3, -0.25) is 0 Å². The predicted molar refractivity (Wildman–Crippen MR) is 95.6 cm³/mol. The van der Waals surface area contributed by atoms with Crippen molar-refractivity contribution in [1.82, 2.24) is 10.6 Å². The van der Waals surface area contributed by atoms with E-state index in [4.69, 9.17) is 4.74 Å². The third-order valence-electron chi connectivity index (χ3n) is 4.00. The van der Waals surface area contributed by atoms with Gasteiger partial charge < -0.3 is 20.5 Å². The van der Waals surface area contributed by atoms with E-state index >= 15 is 0 Å². The molecule has 0 aromatic heterocycles. The van der Waals surface area contributed by atoms with Gasteiger partial charge in [-0.25, -0.2) is 14.4 Å². The Hall–Kier alpha value is -2.83. The van der Waals surface area contributed by atoms with Crippen LogP contribution in [0, 0.1) is 0 Å². The zero-order valence-electron chi connectivity index (χ0n) is 15.2. The Morgan fingerprint density at radius 2 is 1.96 bits per heavy atom. The maximum absolute atomic E-state index is 12.7. The van der Waals surface area contributed by atoms with Crippen molar-refractivity contribution in [2.45, 2.75) is 52.2 Å². The monoisotopic (exact) mass is 360 g/mol. The molecule has 1 aromatic carbocycles. The minimum absolute atomic E-state index is 0.0318. The van der Waals surface area contributed by atoms with Gasteiger partial charge in [-0.1, -0.05) is 31.5 Å². The van der Waals surface area contributed by atoms with Gasteiger partial charge in [0.25, 0.3) is 0 Å². The third-order valence-corrected chi connectivity index (χ3v) is 4.00. The first-order chi connectivity index (χ1) is 12.3. The number of allylic oxidation sites excluding steroid dienone is 1. The fraction of sp³-hybridized carbons (Fsp3) is 0.421. The SMILES string of the molecule is CCCCC1=C(C(=O)OC(C)C)C(c2ccccc2C(=O)O)NC(=O)N1. The summed E-state index contributed by atoms with van der Waals surface area (Å²) in [6.45, 7) is 5.48. The fourth-order valence-corrected chi connectivity index (χ4v) is 2.86. The summed E-state index contributed by atoms with van der Waals surface area (Å²) in [5, 5.41) is 14.8. The Morgan fingerprint density at radius 1 is 1.27 bits per heavy atom. The smallest absolute Gasteiger partial charge is 0.338 e. The number of unbranched alkanes of at least 4 members (excludes halogenated alkanes) is 1. The number of urea groups is 1. The third kappa shape index (κ3) is 4.41. The Labute approximate surface area is 152 Å². The molecule has 0 bridgehead atoms. The molecule has 0 saturated carbocycles. The molecule has 1 aliphatic rings. The van der Waals surface area contributed by atoms with E-state index in [1.165, 1.54) is 6.07 Å². The average Bonchev–Trinajstić information content (AvgIpc) is 2.58. The molecule has 1 aliphatic heterocycles. The highest BCUT2D eigenvalue weighted by Gasteiger charge is 2.35. The summed E-state index contributed by atoms with van der Waals surface area (Å²) in [5.74, 6) is -1.69. The lowest BCUT2D eigenvalue weighted by molar-refractivity contribution is -0.143. The van der Waals surface area contributed by atoms with Gasteiger partial charge in [0, 0.05) is 5.70 Å². The van der Waals surface area contributed by atoms with Crippen LogP contribution in [0.2, 0.25) is 0 Å². The number of rotatable bonds is 7. The van der Waals surface area contributed by atoms with Crippen LogP contribution in [0.4, 0.5) is 4.79 Å². The first-order valence-electron chi connectivity index (χ1n) is 8.68. The van der Waals surface area contributed by atoms with E-state index in [1.54, 1.807) is 32.0 Å². The van der Waals surface area contributed by atoms with Gasteiger partial charge in [0.15, 0.2) is 0 Å². The molecule has 2 amide bonds. The average molecular weight is 360 g/mol. The van der Waals surface area contributed by atoms with Crippen molar-refractivity contribution in [3.05, 3.63) is 46.7 Å². The van der Waals surface area contributed by atoms with Crippen molar-refractivity contribution in [3.8, 4) is 0 Å². The van der Waals surface area contributed by atoms with Crippen molar-refractivity contribution in [2.24, 2.45) is 0 Å². The Balaban J connectivity index is 2.58. The molecular weight excluding hydrogens is 336 g/mol. The maximum atomic E-state index is 12.7. The van der Waals surface area contributed by atoms with Gasteiger partial charge in [-0.05, 0) is 38.3 Å². The molecule has 3 N–H and O–H groups in total. The molecule has 0 spiro atoms. The summed E-state index contributed by atoms with van der Waals surface area (Å²) in [7, 11) is 0. The highest BCUT2D eigenvalue weighted by Crippen LogP contribution is 2.31. The van der Waals surface area contributed by atoms with E-state index < -0.39 is 24.0 Å². The molecule has 1 heterocycles. The quantitative estimate of drug-likeness (QED) is 0.648. The number of hydrogen-bond acceptors (Lipinski definition) is 4. The topological polar surface area (TPSA) is 105 Å². The van der Waals surface area contributed by atoms with Gasteiger partial charge >= 0.3 is 18.0 Å². The minimum atomic E-state index is -1.12. The molecule has 1 atom stereocenters. The fourth-order valence-electron chi connectivity index (χ4n) is 2.86. The molecule has 140 valence electrons. The van der Waals surface area contributed by atoms with Crippen LogP contribution in [-0.4, -0.2) is 29.2 Å². The van der Waals surface area contributed by atoms with Crippen LogP contribution in [0.3, 0.4) is 0 Å². The zero-order chi connectivity index (χ0) is 19.3. The minimum Gasteiger partial charge on any atom is -0.478 e. The van der Waals surface area contributed by atoms with Crippen LogP contribution in [-0.2, 0) is 9.53 Å². The summed E-state index contributed by atoms with van der Waals surface area (Å²) >= 11 is 0. The van der Waals surface area contributed by atoms with Gasteiger partial charge in [0.2, 0.25) is 0 Å². The van der Waals surface area contributed by atoms with Gasteiger partial charge in [0.1, 0.15) is 0 Å². The van der Waals surface area contributed by atoms with E-state index in [9.17, 15) is 19.5 Å². The number of esters is 1. The molecule has 7 heteroatoms. The van der Waals surface area contributed by atoms with Gasteiger partial charge in [0.05, 0.1) is 23.3 Å². The second-order valence-corrected chi connectivity index (χ2v) is 6.37. The normalized spacial score (nSPS) is 16.9. The molecule has 1 aromatic rings. The van der Waals surface area contributed by atoms with E-state index in [-0.39, 0.29) is 17.2 Å². The molecule has 2 rings (SSSR count). The van der Waals surface area contributed by atoms with Crippen molar-refractivity contribution >= 4 is 18.0 Å². The number of aromatic carboxylic acids is 1. The summed E-state index contributed by atoms with van der Waals surface area (Å²) in [6.07, 6.45) is 1.82. The van der Waals surface area contributed by atoms with Crippen molar-refractivity contribution in [1.29, 1.82) is 0 Å². The lowest BCUT2D eigenvalue weighted by Gasteiger charge is -2.30. The standard InChI is InChI=1S/C19H24N2O5/c1-4-5-10-14-15(18(24)26-11(2)3)16(21-19(25)20-14)12-8-6-7-9-13(12)17(22)23/h6-9,11,16H,4-5,10H2,1-3H3,(H,22,23)(H2,20,21,25). The number of carbonyl (C=O) groups is 3. The van der Waals surface area contributed by atoms with Crippen molar-refractivity contribution in [2.75, 3.05) is 0 Å². The summed E-state index contributed by atoms with van der Waals surface area (Å²) in [5.41, 5.74) is 1.11. The number of amides is 2. The highest BCUT2D eigenvalue weighted by molar-refractivity contribution is 5.97. The van der Waals surface area contributed by atoms with E-state index in [0.717, 1.165) is 12.8 Å². The zero-order valence-corrected chi connectivity index (χ0v) is 15.2. The Kier molecular flexibility index (Phi) is 6.38. The summed E-state index contributed by atoms with van der Waals surface area (Å²) in [4.78, 5) is 36.5. The Morgan fingerprint density at radius 3 is 2.58 bits per heavy atom. The van der Waals surface area contributed by atoms with Crippen LogP contribution in [0.25, 0.3) is 0 Å². The molecular formula is C19H24N2O5. The van der Waals surface area contributed by atoms with E-state index in [0.29, 0.717) is 17.7 Å². The first kappa shape index (κ1) is 19.5. The van der Waals surface area contributed by atoms with Crippen molar-refractivity contribution in [3.63, 3.8) is 0 Å². The molecule has 26 heavy (non-hydrogen) atoms. The number of hydrogen-bond donors (Lipinski definition) is 3. The lowest BCUT2D eigenvalue weighted by Crippen LogP contribution is -2.46. The first-order valence-corrected chi connectivity index (χ1v) is 8.68. The second-order valence-electron chi connectivity index (χ2n) is 6.37. The van der Waals surface area contributed by atoms with Crippen LogP contribution >= 0.6 is 0 Å². The Bertz CT molecular complexity index is 739. The molecule has 0 aliphatic carbocycles. The summed E-state index contributed by atoms with van der Waals surface area (Å²) in [6, 6.07) is 4.97. The van der Waals surface area contributed by atoms with Gasteiger partial charge in [-0.15, -0.1) is 0 Å². The number of ether oxygens (including phenoxy) is 1. The summed E-state index contributed by atoms with van der Waals surface area (Å²) < 4.78 is 5.35. The highest BCUT2D eigenvalue weighted by atomic mass is 16.5. The predicted octanol–water partition coefficient (Wildman–Crippen LogP) is 3.13. The molecule has 1 unspecified atom stereocenters. The number of carboxylic acids is 1. The van der Waals surface area contributed by atoms with Crippen LogP contribution < -0.4 is 10.6 Å². The number of carbonyl (C=O) groups excluding carboxylic acids is 2. The maximum Gasteiger partial charge on any atom is 0.338 e. The van der Waals surface area contributed by atoms with Crippen LogP contribution in [0.1, 0.15) is 62.0 Å². The number of nitrogens with one attached hydrogen (secondary N) is 2. The number of benzene rings is 1.